The van der Waals surface area contributed by atoms with Crippen LogP contribution in [0.4, 0.5) is 0 Å². The van der Waals surface area contributed by atoms with Crippen LogP contribution in [-0.2, 0) is 35.0 Å². The summed E-state index contributed by atoms with van der Waals surface area (Å²) in [5, 5.41) is 9.38. The van der Waals surface area contributed by atoms with Crippen LogP contribution in [0.1, 0.15) is 61.1 Å². The number of ether oxygens (including phenoxy) is 2. The molecule has 1 aromatic heterocycles. The topological polar surface area (TPSA) is 69.9 Å². The second-order valence-corrected chi connectivity index (χ2v) is 17.9. The molecule has 0 radical (unpaired) electrons. The van der Waals surface area contributed by atoms with Gasteiger partial charge in [0.1, 0.15) is 11.5 Å². The standard InChI is InChI=1S/C34H47NO5Si/c1-23-30(38-5)19-28(20-31(23)39-6)33(40-41(7,8)34(2,3)4)29(22-35-14-13-24(21-35)18-32(36)37)17-25-15-26-11-9-10-12-27(26)16-25/h9-14,19-21,25,29,33H,15-18,22H2,1-8H3,(H,36,37)/t29-,33-/m1/s1. The van der Waals surface area contributed by atoms with Crippen LogP contribution in [0.3, 0.4) is 0 Å². The summed E-state index contributed by atoms with van der Waals surface area (Å²) in [4.78, 5) is 11.4. The molecule has 0 spiro atoms. The molecule has 1 heterocycles. The fourth-order valence-electron chi connectivity index (χ4n) is 5.89. The molecule has 0 saturated carbocycles. The molecular formula is C34H47NO5Si. The molecule has 222 valence electrons. The smallest absolute Gasteiger partial charge is 0.307 e. The first-order valence-corrected chi connectivity index (χ1v) is 17.6. The highest BCUT2D eigenvalue weighted by atomic mass is 28.4. The van der Waals surface area contributed by atoms with Crippen molar-refractivity contribution in [1.82, 2.24) is 4.57 Å². The largest absolute Gasteiger partial charge is 0.496 e. The van der Waals surface area contributed by atoms with Gasteiger partial charge in [0.25, 0.3) is 0 Å². The first kappa shape index (κ1) is 30.9. The molecular weight excluding hydrogens is 530 g/mol. The second kappa shape index (κ2) is 12.5. The highest BCUT2D eigenvalue weighted by Crippen LogP contribution is 2.46. The molecule has 41 heavy (non-hydrogen) atoms. The third-order valence-electron chi connectivity index (χ3n) is 9.14. The molecule has 1 aliphatic carbocycles. The van der Waals surface area contributed by atoms with Crippen LogP contribution >= 0.6 is 0 Å². The van der Waals surface area contributed by atoms with E-state index < -0.39 is 14.3 Å². The summed E-state index contributed by atoms with van der Waals surface area (Å²) in [5.41, 5.74) is 5.73. The van der Waals surface area contributed by atoms with Gasteiger partial charge in [0, 0.05) is 30.4 Å². The van der Waals surface area contributed by atoms with Crippen molar-refractivity contribution >= 4 is 14.3 Å². The van der Waals surface area contributed by atoms with E-state index in [0.717, 1.165) is 54.0 Å². The Morgan fingerprint density at radius 2 is 1.63 bits per heavy atom. The maximum absolute atomic E-state index is 11.4. The number of benzene rings is 2. The SMILES string of the molecule is COc1cc([C@@H](O[Si](C)(C)C(C)(C)C)[C@H](CC2Cc3ccccc3C2)Cn2ccc(CC(=O)O)c2)cc(OC)c1C. The van der Waals surface area contributed by atoms with Crippen molar-refractivity contribution in [3.8, 4) is 11.5 Å². The average molecular weight is 578 g/mol. The molecule has 0 amide bonds. The maximum Gasteiger partial charge on any atom is 0.307 e. The van der Waals surface area contributed by atoms with Gasteiger partial charge in [0.05, 0.1) is 26.7 Å². The van der Waals surface area contributed by atoms with Gasteiger partial charge in [0.15, 0.2) is 8.32 Å². The van der Waals surface area contributed by atoms with Gasteiger partial charge in [-0.25, -0.2) is 0 Å². The Bertz CT molecular complexity index is 1310. The first-order chi connectivity index (χ1) is 19.3. The van der Waals surface area contributed by atoms with Gasteiger partial charge in [-0.3, -0.25) is 4.79 Å². The van der Waals surface area contributed by atoms with Gasteiger partial charge in [-0.15, -0.1) is 0 Å². The summed E-state index contributed by atoms with van der Waals surface area (Å²) in [7, 11) is 1.20. The minimum atomic E-state index is -2.20. The summed E-state index contributed by atoms with van der Waals surface area (Å²) < 4.78 is 21.1. The van der Waals surface area contributed by atoms with E-state index in [9.17, 15) is 9.90 Å². The summed E-state index contributed by atoms with van der Waals surface area (Å²) >= 11 is 0. The number of carbonyl (C=O) groups is 1. The minimum absolute atomic E-state index is 0.0197. The Kier molecular flexibility index (Phi) is 9.39. The molecule has 0 unspecified atom stereocenters. The predicted molar refractivity (Wildman–Crippen MR) is 167 cm³/mol. The van der Waals surface area contributed by atoms with E-state index in [4.69, 9.17) is 13.9 Å². The number of hydrogen-bond donors (Lipinski definition) is 1. The molecule has 0 bridgehead atoms. The van der Waals surface area contributed by atoms with Crippen molar-refractivity contribution in [3.05, 3.63) is 82.7 Å². The third kappa shape index (κ3) is 7.25. The lowest BCUT2D eigenvalue weighted by atomic mass is 9.85. The van der Waals surface area contributed by atoms with Gasteiger partial charge in [-0.05, 0) is 90.7 Å². The van der Waals surface area contributed by atoms with Crippen molar-refractivity contribution in [2.45, 2.75) is 84.2 Å². The van der Waals surface area contributed by atoms with E-state index in [0.29, 0.717) is 5.92 Å². The molecule has 0 aliphatic heterocycles. The number of carboxylic acids is 1. The highest BCUT2D eigenvalue weighted by molar-refractivity contribution is 6.74. The molecule has 6 nitrogen and oxygen atoms in total. The number of carboxylic acid groups (broad SMARTS) is 1. The van der Waals surface area contributed by atoms with E-state index in [-0.39, 0.29) is 23.5 Å². The molecule has 7 heteroatoms. The Labute approximate surface area is 246 Å². The first-order valence-electron chi connectivity index (χ1n) is 14.6. The number of aromatic nitrogens is 1. The maximum atomic E-state index is 11.4. The summed E-state index contributed by atoms with van der Waals surface area (Å²) in [5.74, 6) is 1.41. The third-order valence-corrected chi connectivity index (χ3v) is 13.6. The Hall–Kier alpha value is -3.03. The molecule has 3 aromatic rings. The minimum Gasteiger partial charge on any atom is -0.496 e. The average Bonchev–Trinajstić information content (AvgIpc) is 3.52. The van der Waals surface area contributed by atoms with Crippen molar-refractivity contribution in [2.75, 3.05) is 14.2 Å². The van der Waals surface area contributed by atoms with Crippen molar-refractivity contribution in [2.24, 2.45) is 11.8 Å². The zero-order valence-electron chi connectivity index (χ0n) is 26.0. The fourth-order valence-corrected chi connectivity index (χ4v) is 7.21. The van der Waals surface area contributed by atoms with Gasteiger partial charge >= 0.3 is 5.97 Å². The molecule has 0 fully saturated rings. The summed E-state index contributed by atoms with van der Waals surface area (Å²) in [6.45, 7) is 14.2. The van der Waals surface area contributed by atoms with E-state index in [1.54, 1.807) is 14.2 Å². The monoisotopic (exact) mass is 577 g/mol. The van der Waals surface area contributed by atoms with Crippen molar-refractivity contribution < 1.29 is 23.8 Å². The number of fused-ring (bicyclic) bond motifs is 1. The Morgan fingerprint density at radius 1 is 1.05 bits per heavy atom. The van der Waals surface area contributed by atoms with E-state index in [1.165, 1.54) is 11.1 Å². The Balaban J connectivity index is 1.78. The van der Waals surface area contributed by atoms with Crippen LogP contribution in [-0.4, -0.2) is 38.2 Å². The van der Waals surface area contributed by atoms with Crippen LogP contribution in [0.15, 0.2) is 54.9 Å². The van der Waals surface area contributed by atoms with E-state index in [1.807, 2.05) is 25.4 Å². The van der Waals surface area contributed by atoms with Crippen molar-refractivity contribution in [1.29, 1.82) is 0 Å². The van der Waals surface area contributed by atoms with Crippen LogP contribution in [0, 0.1) is 18.8 Å². The lowest BCUT2D eigenvalue weighted by Gasteiger charge is -2.42. The number of hydrogen-bond acceptors (Lipinski definition) is 4. The number of aliphatic carboxylic acids is 1. The molecule has 0 saturated heterocycles. The van der Waals surface area contributed by atoms with Crippen LogP contribution < -0.4 is 9.47 Å². The zero-order chi connectivity index (χ0) is 29.9. The van der Waals surface area contributed by atoms with Crippen LogP contribution in [0.2, 0.25) is 18.1 Å². The highest BCUT2D eigenvalue weighted by Gasteiger charge is 2.42. The fraction of sp³-hybridized carbons (Fsp3) is 0.500. The molecule has 1 aliphatic rings. The molecule has 2 aromatic carbocycles. The number of rotatable bonds is 12. The lowest BCUT2D eigenvalue weighted by Crippen LogP contribution is -2.43. The number of nitrogens with zero attached hydrogens (tertiary/aromatic N) is 1. The van der Waals surface area contributed by atoms with E-state index >= 15 is 0 Å². The summed E-state index contributed by atoms with van der Waals surface area (Å²) in [6.07, 6.45) is 6.93. The normalized spacial score (nSPS) is 15.4. The van der Waals surface area contributed by atoms with Crippen LogP contribution in [0.25, 0.3) is 0 Å². The summed E-state index contributed by atoms with van der Waals surface area (Å²) in [6, 6.07) is 14.9. The zero-order valence-corrected chi connectivity index (χ0v) is 27.0. The second-order valence-electron chi connectivity index (χ2n) is 13.2. The van der Waals surface area contributed by atoms with Gasteiger partial charge < -0.3 is 23.6 Å². The number of methoxy groups -OCH3 is 2. The van der Waals surface area contributed by atoms with Crippen LogP contribution in [0.5, 0.6) is 11.5 Å². The lowest BCUT2D eigenvalue weighted by molar-refractivity contribution is -0.136. The van der Waals surface area contributed by atoms with Gasteiger partial charge in [-0.2, -0.15) is 0 Å². The van der Waals surface area contributed by atoms with Gasteiger partial charge in [0.2, 0.25) is 0 Å². The predicted octanol–water partition coefficient (Wildman–Crippen LogP) is 7.63. The molecule has 4 rings (SSSR count). The molecule has 1 N–H and O–H groups in total. The molecule has 2 atom stereocenters. The Morgan fingerprint density at radius 3 is 2.15 bits per heavy atom. The van der Waals surface area contributed by atoms with Crippen molar-refractivity contribution in [3.63, 3.8) is 0 Å². The quantitative estimate of drug-likeness (QED) is 0.224. The van der Waals surface area contributed by atoms with Gasteiger partial charge in [-0.1, -0.05) is 45.0 Å². The van der Waals surface area contributed by atoms with E-state index in [2.05, 4.69) is 74.8 Å².